The zero-order chi connectivity index (χ0) is 16.9. The van der Waals surface area contributed by atoms with Gasteiger partial charge in [0, 0.05) is 19.5 Å². The average molecular weight is 322 g/mol. The van der Waals surface area contributed by atoms with Gasteiger partial charge >= 0.3 is 6.03 Å². The number of urea groups is 1. The number of benzene rings is 2. The fraction of sp³-hybridized carbons (Fsp3) is 0.300. The molecule has 4 nitrogen and oxygen atoms in total. The number of rotatable bonds is 6. The van der Waals surface area contributed by atoms with Crippen molar-refractivity contribution in [1.29, 1.82) is 0 Å². The fourth-order valence-corrected chi connectivity index (χ4v) is 3.12. The van der Waals surface area contributed by atoms with Crippen molar-refractivity contribution in [1.82, 2.24) is 9.80 Å². The maximum atomic E-state index is 12.8. The number of amides is 3. The summed E-state index contributed by atoms with van der Waals surface area (Å²) in [6.45, 7) is 2.92. The second kappa shape index (κ2) is 7.30. The van der Waals surface area contributed by atoms with Crippen LogP contribution in [0.2, 0.25) is 0 Å². The topological polar surface area (TPSA) is 40.6 Å². The lowest BCUT2D eigenvalue weighted by Gasteiger charge is -2.22. The number of carbonyl (C=O) groups excluding carboxylic acids is 2. The smallest absolute Gasteiger partial charge is 0.308 e. The van der Waals surface area contributed by atoms with Crippen molar-refractivity contribution in [3.8, 4) is 0 Å². The molecule has 3 rings (SSSR count). The van der Waals surface area contributed by atoms with Crippen LogP contribution in [0.5, 0.6) is 0 Å². The van der Waals surface area contributed by atoms with Crippen LogP contribution in [-0.2, 0) is 17.8 Å². The number of nitrogens with zero attached hydrogens (tertiary/aromatic N) is 2. The second-order valence-electron chi connectivity index (χ2n) is 6.09. The van der Waals surface area contributed by atoms with E-state index in [9.17, 15) is 9.59 Å². The predicted molar refractivity (Wildman–Crippen MR) is 93.3 cm³/mol. The average Bonchev–Trinajstić information content (AvgIpc) is 2.82. The quantitative estimate of drug-likeness (QED) is 0.764. The summed E-state index contributed by atoms with van der Waals surface area (Å²) in [6.07, 6.45) is 1.33. The summed E-state index contributed by atoms with van der Waals surface area (Å²) in [4.78, 5) is 28.6. The highest BCUT2D eigenvalue weighted by Gasteiger charge is 2.44. The highest BCUT2D eigenvalue weighted by molar-refractivity contribution is 6.04. The van der Waals surface area contributed by atoms with E-state index in [1.807, 2.05) is 67.6 Å². The van der Waals surface area contributed by atoms with E-state index < -0.39 is 6.04 Å². The Bertz CT molecular complexity index is 641. The molecule has 0 unspecified atom stereocenters. The van der Waals surface area contributed by atoms with Crippen molar-refractivity contribution in [2.45, 2.75) is 32.4 Å². The summed E-state index contributed by atoms with van der Waals surface area (Å²) in [7, 11) is 0. The molecule has 0 bridgehead atoms. The van der Waals surface area contributed by atoms with Gasteiger partial charge in [-0.05, 0) is 17.5 Å². The molecule has 0 saturated carbocycles. The molecule has 2 aromatic rings. The molecule has 124 valence electrons. The van der Waals surface area contributed by atoms with Gasteiger partial charge in [0.1, 0.15) is 6.04 Å². The Kier molecular flexibility index (Phi) is 4.94. The van der Waals surface area contributed by atoms with Gasteiger partial charge in [0.05, 0.1) is 0 Å². The molecule has 1 aliphatic rings. The van der Waals surface area contributed by atoms with Crippen LogP contribution in [0.25, 0.3) is 0 Å². The summed E-state index contributed by atoms with van der Waals surface area (Å²) < 4.78 is 0. The molecular formula is C20H22N2O2. The van der Waals surface area contributed by atoms with E-state index in [1.54, 1.807) is 4.90 Å². The van der Waals surface area contributed by atoms with Crippen LogP contribution < -0.4 is 0 Å². The highest BCUT2D eigenvalue weighted by Crippen LogP contribution is 2.24. The van der Waals surface area contributed by atoms with Crippen molar-refractivity contribution in [2.24, 2.45) is 0 Å². The van der Waals surface area contributed by atoms with Crippen molar-refractivity contribution in [3.05, 3.63) is 71.8 Å². The van der Waals surface area contributed by atoms with Crippen LogP contribution in [0.3, 0.4) is 0 Å². The molecule has 1 saturated heterocycles. The number of imide groups is 1. The molecular weight excluding hydrogens is 300 g/mol. The minimum absolute atomic E-state index is 0.0818. The maximum absolute atomic E-state index is 12.8. The number of hydrogen-bond acceptors (Lipinski definition) is 2. The van der Waals surface area contributed by atoms with Gasteiger partial charge in [0.25, 0.3) is 5.91 Å². The van der Waals surface area contributed by atoms with Gasteiger partial charge in [0.2, 0.25) is 0 Å². The Hall–Kier alpha value is -2.62. The minimum Gasteiger partial charge on any atom is -0.308 e. The molecule has 1 aliphatic heterocycles. The summed E-state index contributed by atoms with van der Waals surface area (Å²) in [5.41, 5.74) is 2.11. The molecule has 0 spiro atoms. The minimum atomic E-state index is -0.424. The van der Waals surface area contributed by atoms with Crippen LogP contribution >= 0.6 is 0 Å². The zero-order valence-corrected chi connectivity index (χ0v) is 13.9. The summed E-state index contributed by atoms with van der Waals surface area (Å²) in [6, 6.07) is 19.1. The fourth-order valence-electron chi connectivity index (χ4n) is 3.12. The van der Waals surface area contributed by atoms with Crippen LogP contribution in [0.1, 0.15) is 24.5 Å². The first-order valence-electron chi connectivity index (χ1n) is 8.40. The molecule has 24 heavy (non-hydrogen) atoms. The lowest BCUT2D eigenvalue weighted by atomic mass is 10.0. The monoisotopic (exact) mass is 322 g/mol. The first kappa shape index (κ1) is 16.2. The van der Waals surface area contributed by atoms with Gasteiger partial charge in [-0.1, -0.05) is 67.6 Å². The third kappa shape index (κ3) is 3.32. The lowest BCUT2D eigenvalue weighted by molar-refractivity contribution is -0.128. The number of carbonyl (C=O) groups is 2. The van der Waals surface area contributed by atoms with E-state index in [1.165, 1.54) is 4.90 Å². The Balaban J connectivity index is 1.86. The first-order chi connectivity index (χ1) is 11.7. The molecule has 0 N–H and O–H groups in total. The largest absolute Gasteiger partial charge is 0.327 e. The second-order valence-corrected chi connectivity index (χ2v) is 6.09. The van der Waals surface area contributed by atoms with Crippen molar-refractivity contribution < 1.29 is 9.59 Å². The molecule has 1 atom stereocenters. The molecule has 3 amide bonds. The van der Waals surface area contributed by atoms with E-state index in [0.29, 0.717) is 19.5 Å². The highest BCUT2D eigenvalue weighted by atomic mass is 16.2. The molecule has 1 fully saturated rings. The van der Waals surface area contributed by atoms with Gasteiger partial charge in [-0.15, -0.1) is 0 Å². The molecule has 0 aromatic heterocycles. The van der Waals surface area contributed by atoms with Gasteiger partial charge in [-0.3, -0.25) is 9.69 Å². The Morgan fingerprint density at radius 2 is 1.46 bits per heavy atom. The van der Waals surface area contributed by atoms with Gasteiger partial charge in [-0.25, -0.2) is 4.79 Å². The Labute approximate surface area is 142 Å². The third-order valence-corrected chi connectivity index (χ3v) is 4.32. The molecule has 1 heterocycles. The van der Waals surface area contributed by atoms with Crippen LogP contribution in [-0.4, -0.2) is 34.3 Å². The van der Waals surface area contributed by atoms with Crippen molar-refractivity contribution in [3.63, 3.8) is 0 Å². The van der Waals surface area contributed by atoms with E-state index in [0.717, 1.165) is 17.5 Å². The van der Waals surface area contributed by atoms with E-state index >= 15 is 0 Å². The molecule has 4 heteroatoms. The van der Waals surface area contributed by atoms with E-state index in [2.05, 4.69) is 0 Å². The van der Waals surface area contributed by atoms with Crippen LogP contribution in [0.4, 0.5) is 4.79 Å². The maximum Gasteiger partial charge on any atom is 0.327 e. The Morgan fingerprint density at radius 1 is 0.875 bits per heavy atom. The summed E-state index contributed by atoms with van der Waals surface area (Å²) in [5, 5.41) is 0. The van der Waals surface area contributed by atoms with Crippen molar-refractivity contribution >= 4 is 11.9 Å². The number of hydrogen-bond donors (Lipinski definition) is 0. The Morgan fingerprint density at radius 3 is 2.04 bits per heavy atom. The third-order valence-electron chi connectivity index (χ3n) is 4.32. The van der Waals surface area contributed by atoms with Crippen LogP contribution in [0.15, 0.2) is 60.7 Å². The normalized spacial score (nSPS) is 17.6. The van der Waals surface area contributed by atoms with Gasteiger partial charge in [0.15, 0.2) is 0 Å². The molecule has 0 radical (unpaired) electrons. The summed E-state index contributed by atoms with van der Waals surface area (Å²) >= 11 is 0. The van der Waals surface area contributed by atoms with Crippen molar-refractivity contribution in [2.75, 3.05) is 6.54 Å². The lowest BCUT2D eigenvalue weighted by Crippen LogP contribution is -2.36. The van der Waals surface area contributed by atoms with E-state index in [-0.39, 0.29) is 11.9 Å². The zero-order valence-electron chi connectivity index (χ0n) is 13.9. The SMILES string of the molecule is CCCN1C(=O)[C@@H](Cc2ccccc2)N(Cc2ccccc2)C1=O. The molecule has 2 aromatic carbocycles. The summed E-state index contributed by atoms with van der Waals surface area (Å²) in [5.74, 6) is -0.0818. The standard InChI is InChI=1S/C20H22N2O2/c1-2-13-21-19(23)18(14-16-9-5-3-6-10-16)22(20(21)24)15-17-11-7-4-8-12-17/h3-12,18H,2,13-15H2,1H3/t18-/m1/s1. The first-order valence-corrected chi connectivity index (χ1v) is 8.40. The predicted octanol–water partition coefficient (Wildman–Crippen LogP) is 3.47. The van der Waals surface area contributed by atoms with Gasteiger partial charge < -0.3 is 4.90 Å². The van der Waals surface area contributed by atoms with Gasteiger partial charge in [-0.2, -0.15) is 0 Å². The molecule has 0 aliphatic carbocycles. The van der Waals surface area contributed by atoms with Crippen LogP contribution in [0, 0.1) is 0 Å². The van der Waals surface area contributed by atoms with E-state index in [4.69, 9.17) is 0 Å².